The van der Waals surface area contributed by atoms with Gasteiger partial charge < -0.3 is 14.4 Å². The van der Waals surface area contributed by atoms with E-state index in [0.29, 0.717) is 24.5 Å². The van der Waals surface area contributed by atoms with E-state index in [2.05, 4.69) is 6.92 Å². The van der Waals surface area contributed by atoms with Gasteiger partial charge in [-0.25, -0.2) is 0 Å². The van der Waals surface area contributed by atoms with Gasteiger partial charge in [0.05, 0.1) is 18.8 Å². The number of benzene rings is 1. The lowest BCUT2D eigenvalue weighted by Gasteiger charge is -2.34. The molecule has 0 N–H and O–H groups in total. The van der Waals surface area contributed by atoms with E-state index >= 15 is 0 Å². The van der Waals surface area contributed by atoms with E-state index in [0.717, 1.165) is 18.5 Å². The van der Waals surface area contributed by atoms with E-state index < -0.39 is 0 Å². The molecule has 1 aromatic rings. The summed E-state index contributed by atoms with van der Waals surface area (Å²) >= 11 is 0. The summed E-state index contributed by atoms with van der Waals surface area (Å²) in [6, 6.07) is 5.32. The Labute approximate surface area is 131 Å². The molecule has 2 rings (SSSR count). The summed E-state index contributed by atoms with van der Waals surface area (Å²) in [5.74, 6) is 0.443. The van der Waals surface area contributed by atoms with Gasteiger partial charge in [0.25, 0.3) is 0 Å². The Morgan fingerprint density at radius 2 is 2.18 bits per heavy atom. The highest BCUT2D eigenvalue weighted by Gasteiger charge is 2.25. The van der Waals surface area contributed by atoms with Crippen LogP contribution in [-0.4, -0.2) is 37.6 Å². The Hall–Kier alpha value is -2.04. The number of hydrogen-bond donors (Lipinski definition) is 0. The van der Waals surface area contributed by atoms with Gasteiger partial charge in [-0.05, 0) is 38.5 Å². The van der Waals surface area contributed by atoms with Crippen LogP contribution in [0.2, 0.25) is 0 Å². The standard InChI is InChI=1S/C17H23NO4/c1-4-5-8-21-17(20)11-18-10-12(2)22-16-7-6-14(13(3)19)9-15(16)18/h6-7,9,12H,4-5,8,10-11H2,1-3H3. The average molecular weight is 305 g/mol. The van der Waals surface area contributed by atoms with E-state index in [1.165, 1.54) is 6.92 Å². The molecule has 0 saturated heterocycles. The van der Waals surface area contributed by atoms with Gasteiger partial charge >= 0.3 is 5.97 Å². The van der Waals surface area contributed by atoms with E-state index in [-0.39, 0.29) is 24.4 Å². The molecule has 120 valence electrons. The number of esters is 1. The van der Waals surface area contributed by atoms with Gasteiger partial charge in [-0.1, -0.05) is 13.3 Å². The van der Waals surface area contributed by atoms with Gasteiger partial charge in [0.15, 0.2) is 5.78 Å². The van der Waals surface area contributed by atoms with Crippen molar-refractivity contribution in [3.63, 3.8) is 0 Å². The summed E-state index contributed by atoms with van der Waals surface area (Å²) in [6.07, 6.45) is 1.85. The van der Waals surface area contributed by atoms with Crippen LogP contribution in [0.4, 0.5) is 5.69 Å². The van der Waals surface area contributed by atoms with Crippen LogP contribution < -0.4 is 9.64 Å². The van der Waals surface area contributed by atoms with Gasteiger partial charge in [0.2, 0.25) is 0 Å². The second kappa shape index (κ2) is 7.29. The number of ether oxygens (including phenoxy) is 2. The number of hydrogen-bond acceptors (Lipinski definition) is 5. The average Bonchev–Trinajstić information content (AvgIpc) is 2.46. The summed E-state index contributed by atoms with van der Waals surface area (Å²) in [7, 11) is 0. The second-order valence-corrected chi connectivity index (χ2v) is 5.62. The molecule has 1 unspecified atom stereocenters. The first-order valence-electron chi connectivity index (χ1n) is 7.73. The molecule has 1 atom stereocenters. The summed E-state index contributed by atoms with van der Waals surface area (Å²) in [5, 5.41) is 0. The number of unbranched alkanes of at least 4 members (excludes halogenated alkanes) is 1. The molecule has 0 aliphatic carbocycles. The third-order valence-corrected chi connectivity index (χ3v) is 3.59. The highest BCUT2D eigenvalue weighted by molar-refractivity contribution is 5.95. The molecule has 0 bridgehead atoms. The minimum absolute atomic E-state index is 0.00751. The minimum atomic E-state index is -0.248. The van der Waals surface area contributed by atoms with Crippen molar-refractivity contribution in [3.05, 3.63) is 23.8 Å². The number of rotatable bonds is 6. The van der Waals surface area contributed by atoms with Gasteiger partial charge in [-0.15, -0.1) is 0 Å². The van der Waals surface area contributed by atoms with Gasteiger partial charge in [0.1, 0.15) is 18.4 Å². The van der Waals surface area contributed by atoms with E-state index in [1.54, 1.807) is 18.2 Å². The topological polar surface area (TPSA) is 55.8 Å². The molecule has 1 aromatic carbocycles. The first-order chi connectivity index (χ1) is 10.5. The summed E-state index contributed by atoms with van der Waals surface area (Å²) in [6.45, 7) is 6.75. The second-order valence-electron chi connectivity index (χ2n) is 5.62. The Balaban J connectivity index is 2.14. The first-order valence-corrected chi connectivity index (χ1v) is 7.73. The smallest absolute Gasteiger partial charge is 0.325 e. The van der Waals surface area contributed by atoms with Gasteiger partial charge in [-0.2, -0.15) is 0 Å². The zero-order valence-electron chi connectivity index (χ0n) is 13.4. The number of ketones is 1. The lowest BCUT2D eigenvalue weighted by Crippen LogP contribution is -2.41. The fourth-order valence-corrected chi connectivity index (χ4v) is 2.43. The van der Waals surface area contributed by atoms with Crippen molar-refractivity contribution in [1.29, 1.82) is 0 Å². The lowest BCUT2D eigenvalue weighted by atomic mass is 10.1. The van der Waals surface area contributed by atoms with Crippen molar-refractivity contribution in [1.82, 2.24) is 0 Å². The molecule has 0 aromatic heterocycles. The van der Waals surface area contributed by atoms with E-state index in [4.69, 9.17) is 9.47 Å². The fourth-order valence-electron chi connectivity index (χ4n) is 2.43. The van der Waals surface area contributed by atoms with Crippen LogP contribution in [0.3, 0.4) is 0 Å². The van der Waals surface area contributed by atoms with Crippen LogP contribution in [-0.2, 0) is 9.53 Å². The zero-order chi connectivity index (χ0) is 16.1. The third-order valence-electron chi connectivity index (χ3n) is 3.59. The highest BCUT2D eigenvalue weighted by Crippen LogP contribution is 2.34. The predicted octanol–water partition coefficient (Wildman–Crippen LogP) is 2.82. The number of Topliss-reactive ketones (excluding diaryl/α,β-unsaturated/α-hetero) is 1. The number of carbonyl (C=O) groups is 2. The van der Waals surface area contributed by atoms with Crippen molar-refractivity contribution in [2.75, 3.05) is 24.6 Å². The SMILES string of the molecule is CCCCOC(=O)CN1CC(C)Oc2ccc(C(C)=O)cc21. The summed E-state index contributed by atoms with van der Waals surface area (Å²) < 4.78 is 11.0. The maximum Gasteiger partial charge on any atom is 0.325 e. The predicted molar refractivity (Wildman–Crippen MR) is 84.6 cm³/mol. The van der Waals surface area contributed by atoms with Crippen LogP contribution >= 0.6 is 0 Å². The highest BCUT2D eigenvalue weighted by atomic mass is 16.5. The summed E-state index contributed by atoms with van der Waals surface area (Å²) in [5.41, 5.74) is 1.39. The number of fused-ring (bicyclic) bond motifs is 1. The Kier molecular flexibility index (Phi) is 5.41. The van der Waals surface area contributed by atoms with Crippen LogP contribution in [0.1, 0.15) is 44.0 Å². The molecular formula is C17H23NO4. The molecule has 5 heteroatoms. The van der Waals surface area contributed by atoms with Crippen LogP contribution in [0.5, 0.6) is 5.75 Å². The van der Waals surface area contributed by atoms with Gasteiger partial charge in [0, 0.05) is 5.56 Å². The molecule has 1 heterocycles. The zero-order valence-corrected chi connectivity index (χ0v) is 13.4. The van der Waals surface area contributed by atoms with Gasteiger partial charge in [-0.3, -0.25) is 9.59 Å². The van der Waals surface area contributed by atoms with Crippen molar-refractivity contribution in [2.24, 2.45) is 0 Å². The maximum atomic E-state index is 11.9. The first kappa shape index (κ1) is 16.3. The maximum absolute atomic E-state index is 11.9. The largest absolute Gasteiger partial charge is 0.487 e. The van der Waals surface area contributed by atoms with Crippen LogP contribution in [0, 0.1) is 0 Å². The lowest BCUT2D eigenvalue weighted by molar-refractivity contribution is -0.142. The monoisotopic (exact) mass is 305 g/mol. The quantitative estimate of drug-likeness (QED) is 0.459. The van der Waals surface area contributed by atoms with E-state index in [9.17, 15) is 9.59 Å². The summed E-state index contributed by atoms with van der Waals surface area (Å²) in [4.78, 5) is 25.4. The van der Waals surface area contributed by atoms with E-state index in [1.807, 2.05) is 11.8 Å². The minimum Gasteiger partial charge on any atom is -0.487 e. The number of nitrogens with zero attached hydrogens (tertiary/aromatic N) is 1. The molecule has 1 aliphatic heterocycles. The van der Waals surface area contributed by atoms with Crippen molar-refractivity contribution in [3.8, 4) is 5.75 Å². The number of carbonyl (C=O) groups excluding carboxylic acids is 2. The molecule has 0 fully saturated rings. The molecule has 0 spiro atoms. The van der Waals surface area contributed by atoms with Crippen LogP contribution in [0.25, 0.3) is 0 Å². The molecule has 0 saturated carbocycles. The third kappa shape index (κ3) is 4.00. The molecule has 5 nitrogen and oxygen atoms in total. The molecule has 0 amide bonds. The number of anilines is 1. The van der Waals surface area contributed by atoms with Crippen molar-refractivity contribution in [2.45, 2.75) is 39.7 Å². The fraction of sp³-hybridized carbons (Fsp3) is 0.529. The Bertz CT molecular complexity index is 556. The van der Waals surface area contributed by atoms with Crippen molar-refractivity contribution >= 4 is 17.4 Å². The van der Waals surface area contributed by atoms with Crippen molar-refractivity contribution < 1.29 is 19.1 Å². The normalized spacial score (nSPS) is 16.7. The molecule has 1 aliphatic rings. The Morgan fingerprint density at radius 3 is 2.86 bits per heavy atom. The molecular weight excluding hydrogens is 282 g/mol. The Morgan fingerprint density at radius 1 is 1.41 bits per heavy atom. The molecule has 22 heavy (non-hydrogen) atoms. The molecule has 0 radical (unpaired) electrons. The van der Waals surface area contributed by atoms with Crippen LogP contribution in [0.15, 0.2) is 18.2 Å².